The molecule has 0 N–H and O–H groups in total. The van der Waals surface area contributed by atoms with Gasteiger partial charge in [0.25, 0.3) is 0 Å². The van der Waals surface area contributed by atoms with E-state index in [2.05, 4.69) is 4.98 Å². The van der Waals surface area contributed by atoms with Gasteiger partial charge in [0.1, 0.15) is 0 Å². The SMILES string of the molecule is COC(=O)C1C(C(=O)OC)C12CC2(C)c1ccccn1. The molecule has 0 radical (unpaired) electrons. The summed E-state index contributed by atoms with van der Waals surface area (Å²) in [6.45, 7) is 2.05. The van der Waals surface area contributed by atoms with Gasteiger partial charge in [-0.15, -0.1) is 0 Å². The van der Waals surface area contributed by atoms with E-state index in [4.69, 9.17) is 9.47 Å². The summed E-state index contributed by atoms with van der Waals surface area (Å²) in [6, 6.07) is 5.71. The third-order valence-electron chi connectivity index (χ3n) is 5.02. The minimum Gasteiger partial charge on any atom is -0.469 e. The molecular weight excluding hydrogens is 258 g/mol. The van der Waals surface area contributed by atoms with Crippen LogP contribution in [0.15, 0.2) is 24.4 Å². The number of methoxy groups -OCH3 is 2. The number of nitrogens with zero attached hydrogens (tertiary/aromatic N) is 1. The van der Waals surface area contributed by atoms with E-state index in [1.54, 1.807) is 6.20 Å². The number of carbonyl (C=O) groups is 2. The maximum atomic E-state index is 11.9. The van der Waals surface area contributed by atoms with E-state index in [-0.39, 0.29) is 22.8 Å². The fourth-order valence-corrected chi connectivity index (χ4v) is 3.85. The summed E-state index contributed by atoms with van der Waals surface area (Å²) >= 11 is 0. The van der Waals surface area contributed by atoms with Crippen molar-refractivity contribution in [1.29, 1.82) is 0 Å². The first-order valence-corrected chi connectivity index (χ1v) is 6.60. The van der Waals surface area contributed by atoms with Crippen molar-refractivity contribution in [1.82, 2.24) is 4.98 Å². The van der Waals surface area contributed by atoms with Crippen LogP contribution in [0.1, 0.15) is 19.0 Å². The van der Waals surface area contributed by atoms with Crippen LogP contribution >= 0.6 is 0 Å². The standard InChI is InChI=1S/C15H17NO4/c1-14(9-6-4-5-7-16-9)8-15(14)10(12(17)19-2)11(15)13(18)20-3/h4-7,10-11H,8H2,1-3H3. The Labute approximate surface area is 117 Å². The van der Waals surface area contributed by atoms with Gasteiger partial charge in [-0.05, 0) is 18.6 Å². The predicted octanol–water partition coefficient (Wildman–Crippen LogP) is 1.32. The van der Waals surface area contributed by atoms with Crippen molar-refractivity contribution in [3.8, 4) is 0 Å². The highest BCUT2D eigenvalue weighted by molar-refractivity contribution is 5.92. The number of ether oxygens (including phenoxy) is 2. The van der Waals surface area contributed by atoms with Crippen molar-refractivity contribution >= 4 is 11.9 Å². The molecule has 1 heterocycles. The minimum atomic E-state index is -0.410. The van der Waals surface area contributed by atoms with Crippen molar-refractivity contribution in [3.63, 3.8) is 0 Å². The van der Waals surface area contributed by atoms with Crippen LogP contribution in [-0.2, 0) is 24.5 Å². The molecule has 1 aromatic heterocycles. The van der Waals surface area contributed by atoms with E-state index in [0.29, 0.717) is 0 Å². The summed E-state index contributed by atoms with van der Waals surface area (Å²) in [5.41, 5.74) is 0.286. The molecule has 3 atom stereocenters. The van der Waals surface area contributed by atoms with E-state index in [0.717, 1.165) is 12.1 Å². The molecule has 2 fully saturated rings. The summed E-state index contributed by atoms with van der Waals surface area (Å²) in [6.07, 6.45) is 2.49. The fourth-order valence-electron chi connectivity index (χ4n) is 3.85. The van der Waals surface area contributed by atoms with Gasteiger partial charge in [-0.25, -0.2) is 0 Å². The monoisotopic (exact) mass is 275 g/mol. The maximum Gasteiger partial charge on any atom is 0.310 e. The van der Waals surface area contributed by atoms with E-state index in [1.807, 2.05) is 25.1 Å². The average molecular weight is 275 g/mol. The quantitative estimate of drug-likeness (QED) is 0.778. The largest absolute Gasteiger partial charge is 0.469 e. The van der Waals surface area contributed by atoms with E-state index in [9.17, 15) is 9.59 Å². The van der Waals surface area contributed by atoms with Crippen LogP contribution < -0.4 is 0 Å². The van der Waals surface area contributed by atoms with Gasteiger partial charge in [-0.2, -0.15) is 0 Å². The lowest BCUT2D eigenvalue weighted by atomic mass is 9.98. The van der Waals surface area contributed by atoms with Gasteiger partial charge in [0.2, 0.25) is 0 Å². The number of rotatable bonds is 3. The maximum absolute atomic E-state index is 11.9. The molecule has 0 saturated heterocycles. The molecule has 0 amide bonds. The Balaban J connectivity index is 1.94. The molecule has 3 unspecified atom stereocenters. The second-order valence-corrected chi connectivity index (χ2v) is 5.77. The molecule has 106 valence electrons. The Hall–Kier alpha value is -1.91. The predicted molar refractivity (Wildman–Crippen MR) is 69.7 cm³/mol. The summed E-state index contributed by atoms with van der Waals surface area (Å²) < 4.78 is 9.67. The smallest absolute Gasteiger partial charge is 0.310 e. The molecule has 2 aliphatic carbocycles. The lowest BCUT2D eigenvalue weighted by molar-refractivity contribution is -0.148. The molecule has 20 heavy (non-hydrogen) atoms. The first-order valence-electron chi connectivity index (χ1n) is 6.60. The van der Waals surface area contributed by atoms with Crippen LogP contribution in [0, 0.1) is 17.3 Å². The van der Waals surface area contributed by atoms with Crippen molar-refractivity contribution in [2.24, 2.45) is 17.3 Å². The Kier molecular flexibility index (Phi) is 2.64. The van der Waals surface area contributed by atoms with Gasteiger partial charge >= 0.3 is 11.9 Å². The topological polar surface area (TPSA) is 65.5 Å². The van der Waals surface area contributed by atoms with Crippen LogP contribution in [0.5, 0.6) is 0 Å². The molecule has 0 bridgehead atoms. The third-order valence-corrected chi connectivity index (χ3v) is 5.02. The zero-order valence-corrected chi connectivity index (χ0v) is 11.8. The zero-order valence-electron chi connectivity index (χ0n) is 11.8. The number of pyridine rings is 1. The summed E-state index contributed by atoms with van der Waals surface area (Å²) in [7, 11) is 2.70. The molecule has 0 aliphatic heterocycles. The Bertz CT molecular complexity index is 548. The summed E-state index contributed by atoms with van der Waals surface area (Å²) in [5.74, 6) is -1.49. The Morgan fingerprint density at radius 2 is 1.80 bits per heavy atom. The Morgan fingerprint density at radius 3 is 2.25 bits per heavy atom. The van der Waals surface area contributed by atoms with Gasteiger partial charge in [0.15, 0.2) is 0 Å². The number of aromatic nitrogens is 1. The lowest BCUT2D eigenvalue weighted by Gasteiger charge is -2.10. The first kappa shape index (κ1) is 13.1. The van der Waals surface area contributed by atoms with Gasteiger partial charge in [0.05, 0.1) is 26.1 Å². The zero-order chi connectivity index (χ0) is 14.5. The van der Waals surface area contributed by atoms with Crippen molar-refractivity contribution in [2.75, 3.05) is 14.2 Å². The number of esters is 2. The van der Waals surface area contributed by atoms with Gasteiger partial charge in [0, 0.05) is 22.7 Å². The van der Waals surface area contributed by atoms with E-state index in [1.165, 1.54) is 14.2 Å². The second-order valence-electron chi connectivity index (χ2n) is 5.77. The molecule has 1 aromatic rings. The van der Waals surface area contributed by atoms with E-state index >= 15 is 0 Å². The van der Waals surface area contributed by atoms with E-state index < -0.39 is 11.8 Å². The number of hydrogen-bond donors (Lipinski definition) is 0. The van der Waals surface area contributed by atoms with Crippen LogP contribution in [0.4, 0.5) is 0 Å². The average Bonchev–Trinajstić information content (AvgIpc) is 3.33. The summed E-state index contributed by atoms with van der Waals surface area (Å²) in [5, 5.41) is 0. The van der Waals surface area contributed by atoms with Crippen molar-refractivity contribution in [2.45, 2.75) is 18.8 Å². The molecule has 0 aromatic carbocycles. The number of carbonyl (C=O) groups excluding carboxylic acids is 2. The van der Waals surface area contributed by atoms with Crippen LogP contribution in [0.2, 0.25) is 0 Å². The molecule has 3 rings (SSSR count). The van der Waals surface area contributed by atoms with Crippen molar-refractivity contribution < 1.29 is 19.1 Å². The molecule has 5 heteroatoms. The molecular formula is C15H17NO4. The highest BCUT2D eigenvalue weighted by Gasteiger charge is 2.89. The van der Waals surface area contributed by atoms with Crippen LogP contribution in [0.3, 0.4) is 0 Å². The first-order chi connectivity index (χ1) is 9.53. The fraction of sp³-hybridized carbons (Fsp3) is 0.533. The molecule has 1 spiro atoms. The number of hydrogen-bond acceptors (Lipinski definition) is 5. The normalized spacial score (nSPS) is 37.4. The molecule has 2 aliphatic rings. The van der Waals surface area contributed by atoms with Crippen LogP contribution in [-0.4, -0.2) is 31.1 Å². The van der Waals surface area contributed by atoms with Gasteiger partial charge < -0.3 is 9.47 Å². The molecule has 5 nitrogen and oxygen atoms in total. The van der Waals surface area contributed by atoms with Crippen molar-refractivity contribution in [3.05, 3.63) is 30.1 Å². The highest BCUT2D eigenvalue weighted by atomic mass is 16.5. The van der Waals surface area contributed by atoms with Crippen LogP contribution in [0.25, 0.3) is 0 Å². The lowest BCUT2D eigenvalue weighted by Crippen LogP contribution is -2.12. The molecule has 2 saturated carbocycles. The van der Waals surface area contributed by atoms with Gasteiger partial charge in [-0.1, -0.05) is 13.0 Å². The second kappa shape index (κ2) is 4.04. The van der Waals surface area contributed by atoms with Gasteiger partial charge in [-0.3, -0.25) is 14.6 Å². The minimum absolute atomic E-state index is 0.258. The third kappa shape index (κ3) is 1.40. The highest BCUT2D eigenvalue weighted by Crippen LogP contribution is 2.84. The Morgan fingerprint density at radius 1 is 1.20 bits per heavy atom. The summed E-state index contributed by atoms with van der Waals surface area (Å²) in [4.78, 5) is 28.2.